The first kappa shape index (κ1) is 25.8. The number of amides is 1. The number of fused-ring (bicyclic) bond motifs is 2. The molecule has 8 heteroatoms. The molecule has 2 aromatic heterocycles. The van der Waals surface area contributed by atoms with E-state index in [1.807, 2.05) is 24.4 Å². The zero-order chi connectivity index (χ0) is 26.6. The third-order valence-corrected chi connectivity index (χ3v) is 8.76. The van der Waals surface area contributed by atoms with Crippen molar-refractivity contribution in [2.45, 2.75) is 77.2 Å². The van der Waals surface area contributed by atoms with Gasteiger partial charge < -0.3 is 19.9 Å². The van der Waals surface area contributed by atoms with Gasteiger partial charge in [-0.05, 0) is 55.2 Å². The van der Waals surface area contributed by atoms with Crippen LogP contribution < -0.4 is 15.0 Å². The van der Waals surface area contributed by atoms with Gasteiger partial charge in [-0.1, -0.05) is 44.6 Å². The number of ketones is 1. The van der Waals surface area contributed by atoms with Crippen LogP contribution in [0.15, 0.2) is 30.7 Å². The number of benzene rings is 1. The van der Waals surface area contributed by atoms with Gasteiger partial charge in [-0.15, -0.1) is 0 Å². The highest BCUT2D eigenvalue weighted by Crippen LogP contribution is 2.33. The Morgan fingerprint density at radius 1 is 1.00 bits per heavy atom. The Hall–Kier alpha value is -3.42. The number of carbonyl (C=O) groups is 2. The number of nitrogens with one attached hydrogen (secondary N) is 2. The molecule has 3 aromatic rings. The van der Waals surface area contributed by atoms with Crippen LogP contribution in [-0.2, 0) is 17.8 Å². The minimum Gasteiger partial charge on any atom is -0.486 e. The van der Waals surface area contributed by atoms with E-state index >= 15 is 0 Å². The lowest BCUT2D eigenvalue weighted by atomic mass is 9.86. The van der Waals surface area contributed by atoms with Crippen molar-refractivity contribution in [2.24, 2.45) is 11.8 Å². The molecule has 0 saturated heterocycles. The molecule has 0 unspecified atom stereocenters. The van der Waals surface area contributed by atoms with Crippen LogP contribution in [0.1, 0.15) is 85.8 Å². The van der Waals surface area contributed by atoms with E-state index in [2.05, 4.69) is 25.2 Å². The predicted octanol–water partition coefficient (Wildman–Crippen LogP) is 5.36. The van der Waals surface area contributed by atoms with Crippen LogP contribution in [0.3, 0.4) is 0 Å². The molecule has 0 bridgehead atoms. The second kappa shape index (κ2) is 11.8. The molecule has 6 rings (SSSR count). The van der Waals surface area contributed by atoms with Crippen molar-refractivity contribution in [1.29, 1.82) is 0 Å². The topological polar surface area (TPSA) is 100 Å². The Kier molecular flexibility index (Phi) is 7.79. The zero-order valence-electron chi connectivity index (χ0n) is 22.7. The highest BCUT2D eigenvalue weighted by atomic mass is 16.5. The van der Waals surface area contributed by atoms with Crippen LogP contribution in [0.2, 0.25) is 0 Å². The molecule has 0 spiro atoms. The number of ether oxygens (including phenoxy) is 1. The maximum atomic E-state index is 13.3. The minimum absolute atomic E-state index is 0.0654. The standard InChI is InChI=1S/C31H39N5O3/c37-25-14-24-13-23(11-12-27(24)39-19-25)15-33-31(38)30-29-28(34-20-35-30)26(16-32-29)36(17-21-7-3-1-4-8-21)18-22-9-5-2-6-10-22/h11-13,16,20-22,32H,1-10,14-15,17-19H2,(H,33,38). The van der Waals surface area contributed by atoms with E-state index in [1.165, 1.54) is 70.5 Å². The van der Waals surface area contributed by atoms with Crippen molar-refractivity contribution in [1.82, 2.24) is 20.3 Å². The van der Waals surface area contributed by atoms with Gasteiger partial charge in [-0.2, -0.15) is 0 Å². The molecule has 0 atom stereocenters. The number of aromatic amines is 1. The lowest BCUT2D eigenvalue weighted by Gasteiger charge is -2.34. The van der Waals surface area contributed by atoms with E-state index in [-0.39, 0.29) is 18.3 Å². The molecule has 1 amide bonds. The number of Topliss-reactive ketones (excluding diaryl/α,β-unsaturated/α-hetero) is 1. The fourth-order valence-electron chi connectivity index (χ4n) is 6.68. The van der Waals surface area contributed by atoms with Crippen LogP contribution in [-0.4, -0.2) is 46.3 Å². The van der Waals surface area contributed by atoms with Crippen molar-refractivity contribution in [3.8, 4) is 5.75 Å². The summed E-state index contributed by atoms with van der Waals surface area (Å²) in [6.07, 6.45) is 17.1. The first-order valence-corrected chi connectivity index (χ1v) is 14.8. The minimum atomic E-state index is -0.244. The lowest BCUT2D eigenvalue weighted by Crippen LogP contribution is -2.35. The van der Waals surface area contributed by atoms with Crippen molar-refractivity contribution < 1.29 is 14.3 Å². The summed E-state index contributed by atoms with van der Waals surface area (Å²) in [6.45, 7) is 2.58. The monoisotopic (exact) mass is 529 g/mol. The maximum Gasteiger partial charge on any atom is 0.272 e. The molecule has 3 heterocycles. The van der Waals surface area contributed by atoms with Gasteiger partial charge in [0.15, 0.2) is 11.5 Å². The SMILES string of the molecule is O=C1COc2ccc(CNC(=O)c3ncnc4c(N(CC5CCCCC5)CC5CCCCC5)c[nH]c34)cc2C1. The number of nitrogens with zero attached hydrogens (tertiary/aromatic N) is 3. The second-order valence-corrected chi connectivity index (χ2v) is 11.7. The number of aromatic nitrogens is 3. The predicted molar refractivity (Wildman–Crippen MR) is 151 cm³/mol. The molecule has 1 aliphatic heterocycles. The van der Waals surface area contributed by atoms with Gasteiger partial charge in [0, 0.05) is 37.8 Å². The average molecular weight is 530 g/mol. The Labute approximate surface area is 229 Å². The Bertz CT molecular complexity index is 1300. The quantitative estimate of drug-likeness (QED) is 0.408. The number of H-pyrrole nitrogens is 1. The molecular weight excluding hydrogens is 490 g/mol. The van der Waals surface area contributed by atoms with E-state index < -0.39 is 0 Å². The Morgan fingerprint density at radius 3 is 2.44 bits per heavy atom. The fourth-order valence-corrected chi connectivity index (χ4v) is 6.68. The van der Waals surface area contributed by atoms with Gasteiger partial charge in [0.05, 0.1) is 11.2 Å². The number of hydrogen-bond donors (Lipinski definition) is 2. The van der Waals surface area contributed by atoms with E-state index in [4.69, 9.17) is 4.74 Å². The molecular formula is C31H39N5O3. The first-order valence-electron chi connectivity index (χ1n) is 14.8. The number of rotatable bonds is 8. The zero-order valence-corrected chi connectivity index (χ0v) is 22.7. The molecule has 206 valence electrons. The van der Waals surface area contributed by atoms with Crippen molar-refractivity contribution >= 4 is 28.4 Å². The normalized spacial score (nSPS) is 18.5. The summed E-state index contributed by atoms with van der Waals surface area (Å²) in [5.41, 5.74) is 4.75. The molecule has 2 aliphatic carbocycles. The fraction of sp³-hybridized carbons (Fsp3) is 0.548. The molecule has 8 nitrogen and oxygen atoms in total. The number of hydrogen-bond acceptors (Lipinski definition) is 6. The summed E-state index contributed by atoms with van der Waals surface area (Å²) in [7, 11) is 0. The summed E-state index contributed by atoms with van der Waals surface area (Å²) < 4.78 is 5.49. The van der Waals surface area contributed by atoms with Gasteiger partial charge in [0.25, 0.3) is 5.91 Å². The first-order chi connectivity index (χ1) is 19.1. The van der Waals surface area contributed by atoms with Crippen molar-refractivity contribution in [2.75, 3.05) is 24.6 Å². The molecule has 2 fully saturated rings. The molecule has 3 aliphatic rings. The van der Waals surface area contributed by atoms with E-state index in [0.29, 0.717) is 36.0 Å². The Morgan fingerprint density at radius 2 is 1.72 bits per heavy atom. The van der Waals surface area contributed by atoms with Gasteiger partial charge in [-0.3, -0.25) is 9.59 Å². The second-order valence-electron chi connectivity index (χ2n) is 11.7. The van der Waals surface area contributed by atoms with Crippen molar-refractivity contribution in [3.63, 3.8) is 0 Å². The highest BCUT2D eigenvalue weighted by molar-refractivity contribution is 6.05. The van der Waals surface area contributed by atoms with E-state index in [9.17, 15) is 9.59 Å². The molecule has 1 aromatic carbocycles. The third-order valence-electron chi connectivity index (χ3n) is 8.76. The largest absolute Gasteiger partial charge is 0.486 e. The number of anilines is 1. The highest BCUT2D eigenvalue weighted by Gasteiger charge is 2.25. The van der Waals surface area contributed by atoms with Crippen LogP contribution in [0.5, 0.6) is 5.75 Å². The molecule has 2 N–H and O–H groups in total. The van der Waals surface area contributed by atoms with Crippen molar-refractivity contribution in [3.05, 3.63) is 47.5 Å². The average Bonchev–Trinajstić information content (AvgIpc) is 3.41. The van der Waals surface area contributed by atoms with E-state index in [0.717, 1.165) is 41.2 Å². The summed E-state index contributed by atoms with van der Waals surface area (Å²) >= 11 is 0. The van der Waals surface area contributed by atoms with Crippen LogP contribution in [0.25, 0.3) is 11.0 Å². The summed E-state index contributed by atoms with van der Waals surface area (Å²) in [5.74, 6) is 2.00. The van der Waals surface area contributed by atoms with Crippen LogP contribution >= 0.6 is 0 Å². The summed E-state index contributed by atoms with van der Waals surface area (Å²) in [6, 6.07) is 5.73. The lowest BCUT2D eigenvalue weighted by molar-refractivity contribution is -0.121. The van der Waals surface area contributed by atoms with E-state index in [1.54, 1.807) is 0 Å². The smallest absolute Gasteiger partial charge is 0.272 e. The molecule has 0 radical (unpaired) electrons. The summed E-state index contributed by atoms with van der Waals surface area (Å²) in [4.78, 5) is 40.0. The van der Waals surface area contributed by atoms with Gasteiger partial charge in [-0.25, -0.2) is 9.97 Å². The van der Waals surface area contributed by atoms with Gasteiger partial charge in [0.1, 0.15) is 24.2 Å². The summed E-state index contributed by atoms with van der Waals surface area (Å²) in [5, 5.41) is 3.01. The number of carbonyl (C=O) groups excluding carboxylic acids is 2. The van der Waals surface area contributed by atoms with Gasteiger partial charge in [0.2, 0.25) is 0 Å². The molecule has 2 saturated carbocycles. The Balaban J connectivity index is 1.20. The van der Waals surface area contributed by atoms with Crippen LogP contribution in [0.4, 0.5) is 5.69 Å². The maximum absolute atomic E-state index is 13.3. The van der Waals surface area contributed by atoms with Gasteiger partial charge >= 0.3 is 0 Å². The molecule has 39 heavy (non-hydrogen) atoms. The third kappa shape index (κ3) is 5.94. The van der Waals surface area contributed by atoms with Crippen LogP contribution in [0, 0.1) is 11.8 Å².